The Morgan fingerprint density at radius 1 is 1.60 bits per heavy atom. The number of piperidine rings is 1. The Kier molecular flexibility index (Phi) is 3.35. The smallest absolute Gasteiger partial charge is 0.320 e. The van der Waals surface area contributed by atoms with Crippen LogP contribution in [0.15, 0.2) is 17.0 Å². The molecule has 20 heavy (non-hydrogen) atoms. The van der Waals surface area contributed by atoms with E-state index in [0.29, 0.717) is 23.4 Å². The van der Waals surface area contributed by atoms with E-state index in [1.807, 2.05) is 4.40 Å². The number of hydrogen-bond donors (Lipinski definition) is 3. The van der Waals surface area contributed by atoms with E-state index < -0.39 is 12.0 Å². The molecule has 1 aliphatic heterocycles. The SMILES string of the molecule is Nc1nccn2c([C@@H]3CCN[C@H](C(=O)O)C3)nc(Br)c12. The first-order chi connectivity index (χ1) is 9.58. The summed E-state index contributed by atoms with van der Waals surface area (Å²) in [7, 11) is 0. The van der Waals surface area contributed by atoms with Crippen molar-refractivity contribution in [2.75, 3.05) is 12.3 Å². The average Bonchev–Trinajstić information content (AvgIpc) is 2.78. The van der Waals surface area contributed by atoms with E-state index in [9.17, 15) is 4.79 Å². The van der Waals surface area contributed by atoms with Gasteiger partial charge in [0.15, 0.2) is 5.82 Å². The number of halogens is 1. The molecule has 3 rings (SSSR count). The lowest BCUT2D eigenvalue weighted by Gasteiger charge is -2.26. The molecule has 0 unspecified atom stereocenters. The fourth-order valence-electron chi connectivity index (χ4n) is 2.67. The lowest BCUT2D eigenvalue weighted by Crippen LogP contribution is -2.43. The van der Waals surface area contributed by atoms with E-state index >= 15 is 0 Å². The summed E-state index contributed by atoms with van der Waals surface area (Å²) in [6.45, 7) is 0.661. The van der Waals surface area contributed by atoms with E-state index in [0.717, 1.165) is 17.8 Å². The molecule has 2 aromatic rings. The number of hydrogen-bond acceptors (Lipinski definition) is 5. The van der Waals surface area contributed by atoms with Crippen molar-refractivity contribution in [1.29, 1.82) is 0 Å². The number of carboxylic acid groups (broad SMARTS) is 1. The van der Waals surface area contributed by atoms with E-state index in [1.165, 1.54) is 0 Å². The number of aromatic nitrogens is 3. The van der Waals surface area contributed by atoms with Crippen LogP contribution >= 0.6 is 15.9 Å². The van der Waals surface area contributed by atoms with Crippen molar-refractivity contribution in [3.63, 3.8) is 0 Å². The van der Waals surface area contributed by atoms with Crippen LogP contribution in [0.3, 0.4) is 0 Å². The first-order valence-electron chi connectivity index (χ1n) is 6.32. The molecule has 0 radical (unpaired) electrons. The number of aliphatic carboxylic acids is 1. The Morgan fingerprint density at radius 3 is 3.15 bits per heavy atom. The Morgan fingerprint density at radius 2 is 2.40 bits per heavy atom. The van der Waals surface area contributed by atoms with Crippen LogP contribution in [0.5, 0.6) is 0 Å². The van der Waals surface area contributed by atoms with Crippen molar-refractivity contribution >= 4 is 33.2 Å². The Labute approximate surface area is 123 Å². The molecule has 1 saturated heterocycles. The highest BCUT2D eigenvalue weighted by atomic mass is 79.9. The Bertz CT molecular complexity index is 671. The number of nitrogen functional groups attached to an aromatic ring is 1. The monoisotopic (exact) mass is 339 g/mol. The van der Waals surface area contributed by atoms with Crippen molar-refractivity contribution < 1.29 is 9.90 Å². The van der Waals surface area contributed by atoms with Crippen molar-refractivity contribution in [3.8, 4) is 0 Å². The number of carbonyl (C=O) groups is 1. The minimum absolute atomic E-state index is 0.0814. The zero-order chi connectivity index (χ0) is 14.3. The summed E-state index contributed by atoms with van der Waals surface area (Å²) in [5.74, 6) is 0.490. The first kappa shape index (κ1) is 13.3. The molecule has 1 fully saturated rings. The summed E-state index contributed by atoms with van der Waals surface area (Å²) < 4.78 is 2.53. The second-order valence-electron chi connectivity index (χ2n) is 4.86. The average molecular weight is 340 g/mol. The minimum atomic E-state index is -0.823. The van der Waals surface area contributed by atoms with Crippen LogP contribution in [0.2, 0.25) is 0 Å². The Balaban J connectivity index is 2.02. The highest BCUT2D eigenvalue weighted by molar-refractivity contribution is 9.10. The number of rotatable bonds is 2. The number of nitrogens with zero attached hydrogens (tertiary/aromatic N) is 3. The van der Waals surface area contributed by atoms with Gasteiger partial charge in [-0.2, -0.15) is 0 Å². The van der Waals surface area contributed by atoms with Gasteiger partial charge in [0.25, 0.3) is 0 Å². The third kappa shape index (κ3) is 2.14. The predicted molar refractivity (Wildman–Crippen MR) is 76.5 cm³/mol. The van der Waals surface area contributed by atoms with E-state index in [1.54, 1.807) is 12.4 Å². The number of fused-ring (bicyclic) bond motifs is 1. The molecule has 1 aliphatic rings. The second-order valence-corrected chi connectivity index (χ2v) is 5.61. The second kappa shape index (κ2) is 5.02. The summed E-state index contributed by atoms with van der Waals surface area (Å²) >= 11 is 3.40. The Hall–Kier alpha value is -1.67. The van der Waals surface area contributed by atoms with Crippen molar-refractivity contribution in [1.82, 2.24) is 19.7 Å². The molecule has 7 nitrogen and oxygen atoms in total. The van der Waals surface area contributed by atoms with Gasteiger partial charge >= 0.3 is 5.97 Å². The van der Waals surface area contributed by atoms with Gasteiger partial charge in [-0.25, -0.2) is 9.97 Å². The summed E-state index contributed by atoms with van der Waals surface area (Å²) in [6, 6.07) is -0.529. The van der Waals surface area contributed by atoms with Crippen LogP contribution in [-0.2, 0) is 4.79 Å². The van der Waals surface area contributed by atoms with Crippen LogP contribution in [-0.4, -0.2) is 38.0 Å². The van der Waals surface area contributed by atoms with Gasteiger partial charge in [0, 0.05) is 18.3 Å². The number of anilines is 1. The fraction of sp³-hybridized carbons (Fsp3) is 0.417. The summed E-state index contributed by atoms with van der Waals surface area (Å²) in [6.07, 6.45) is 4.78. The fourth-order valence-corrected chi connectivity index (χ4v) is 3.25. The minimum Gasteiger partial charge on any atom is -0.480 e. The maximum atomic E-state index is 11.1. The normalized spacial score (nSPS) is 23.1. The number of imidazole rings is 1. The first-order valence-corrected chi connectivity index (χ1v) is 7.11. The van der Waals surface area contributed by atoms with Crippen LogP contribution in [0.4, 0.5) is 5.82 Å². The molecule has 0 saturated carbocycles. The van der Waals surface area contributed by atoms with Crippen LogP contribution in [0, 0.1) is 0 Å². The summed E-state index contributed by atoms with van der Waals surface area (Å²) in [5, 5.41) is 12.1. The molecule has 0 bridgehead atoms. The molecule has 0 spiro atoms. The largest absolute Gasteiger partial charge is 0.480 e. The van der Waals surface area contributed by atoms with Crippen molar-refractivity contribution in [2.24, 2.45) is 0 Å². The molecule has 0 aromatic carbocycles. The maximum absolute atomic E-state index is 11.1. The zero-order valence-electron chi connectivity index (χ0n) is 10.6. The van der Waals surface area contributed by atoms with Gasteiger partial charge in [0.1, 0.15) is 22.0 Å². The lowest BCUT2D eigenvalue weighted by molar-refractivity contribution is -0.140. The van der Waals surface area contributed by atoms with E-state index in [4.69, 9.17) is 10.8 Å². The quantitative estimate of drug-likeness (QED) is 0.753. The predicted octanol–water partition coefficient (Wildman–Crippen LogP) is 0.994. The van der Waals surface area contributed by atoms with Crippen LogP contribution in [0.25, 0.3) is 5.52 Å². The third-order valence-corrected chi connectivity index (χ3v) is 4.19. The summed E-state index contributed by atoms with van der Waals surface area (Å²) in [4.78, 5) is 19.7. The third-order valence-electron chi connectivity index (χ3n) is 3.63. The molecule has 2 atom stereocenters. The molecule has 2 aromatic heterocycles. The molecule has 3 heterocycles. The van der Waals surface area contributed by atoms with Gasteiger partial charge in [-0.15, -0.1) is 0 Å². The topological polar surface area (TPSA) is 106 Å². The standard InChI is InChI=1S/C12H14BrN5O2/c13-9-8-10(14)16-3-4-18(8)11(17-9)6-1-2-15-7(5-6)12(19)20/h3-4,6-7,15H,1-2,5H2,(H2,14,16)(H,19,20)/t6-,7+/m1/s1. The zero-order valence-corrected chi connectivity index (χ0v) is 12.2. The van der Waals surface area contributed by atoms with Crippen molar-refractivity contribution in [2.45, 2.75) is 24.8 Å². The molecule has 0 amide bonds. The van der Waals surface area contributed by atoms with Gasteiger partial charge in [0.2, 0.25) is 0 Å². The van der Waals surface area contributed by atoms with Crippen LogP contribution < -0.4 is 11.1 Å². The molecular formula is C12H14BrN5O2. The lowest BCUT2D eigenvalue weighted by atomic mass is 9.92. The van der Waals surface area contributed by atoms with E-state index in [-0.39, 0.29) is 5.92 Å². The van der Waals surface area contributed by atoms with Crippen molar-refractivity contribution in [3.05, 3.63) is 22.8 Å². The van der Waals surface area contributed by atoms with Gasteiger partial charge in [-0.3, -0.25) is 9.20 Å². The van der Waals surface area contributed by atoms with Gasteiger partial charge in [-0.1, -0.05) is 0 Å². The molecule has 0 aliphatic carbocycles. The molecule has 106 valence electrons. The molecular weight excluding hydrogens is 326 g/mol. The van der Waals surface area contributed by atoms with Gasteiger partial charge < -0.3 is 16.2 Å². The number of nitrogens with two attached hydrogens (primary N) is 1. The number of carboxylic acids is 1. The number of nitrogens with one attached hydrogen (secondary N) is 1. The summed E-state index contributed by atoms with van der Waals surface area (Å²) in [5.41, 5.74) is 6.60. The molecule has 8 heteroatoms. The highest BCUT2D eigenvalue weighted by Crippen LogP contribution is 2.31. The molecule has 4 N–H and O–H groups in total. The highest BCUT2D eigenvalue weighted by Gasteiger charge is 2.30. The van der Waals surface area contributed by atoms with Gasteiger partial charge in [0.05, 0.1) is 0 Å². The van der Waals surface area contributed by atoms with Crippen LogP contribution in [0.1, 0.15) is 24.6 Å². The van der Waals surface area contributed by atoms with Gasteiger partial charge in [-0.05, 0) is 35.3 Å². The van der Waals surface area contributed by atoms with E-state index in [2.05, 4.69) is 31.2 Å². The maximum Gasteiger partial charge on any atom is 0.320 e.